The van der Waals surface area contributed by atoms with Gasteiger partial charge in [-0.3, -0.25) is 4.79 Å². The summed E-state index contributed by atoms with van der Waals surface area (Å²) in [6.07, 6.45) is 2.44. The molecule has 4 nitrogen and oxygen atoms in total. The van der Waals surface area contributed by atoms with Crippen molar-refractivity contribution in [2.75, 3.05) is 5.32 Å². The number of aromatic nitrogens is 2. The van der Waals surface area contributed by atoms with E-state index in [9.17, 15) is 4.79 Å². The number of carbonyl (C=O) groups excluding carboxylic acids is 1. The van der Waals surface area contributed by atoms with Gasteiger partial charge in [0.2, 0.25) is 5.91 Å². The predicted molar refractivity (Wildman–Crippen MR) is 97.1 cm³/mol. The van der Waals surface area contributed by atoms with Crippen LogP contribution in [0.2, 0.25) is 0 Å². The number of carbonyl (C=O) groups is 1. The van der Waals surface area contributed by atoms with Crippen LogP contribution < -0.4 is 5.32 Å². The second-order valence-electron chi connectivity index (χ2n) is 5.90. The summed E-state index contributed by atoms with van der Waals surface area (Å²) < 4.78 is 3.08. The molecule has 1 aliphatic carbocycles. The average molecular weight is 390 g/mol. The van der Waals surface area contributed by atoms with Crippen molar-refractivity contribution in [3.05, 3.63) is 45.5 Å². The van der Waals surface area contributed by atoms with E-state index in [1.807, 2.05) is 29.7 Å². The number of hydrogen-bond acceptors (Lipinski definition) is 3. The highest BCUT2D eigenvalue weighted by Gasteiger charge is 2.26. The molecule has 118 valence electrons. The van der Waals surface area contributed by atoms with Crippen molar-refractivity contribution in [3.63, 3.8) is 0 Å². The van der Waals surface area contributed by atoms with E-state index in [0.29, 0.717) is 11.0 Å². The van der Waals surface area contributed by atoms with Crippen molar-refractivity contribution in [1.29, 1.82) is 0 Å². The van der Waals surface area contributed by atoms with E-state index < -0.39 is 0 Å². The van der Waals surface area contributed by atoms with Gasteiger partial charge >= 0.3 is 0 Å². The molecule has 1 aromatic carbocycles. The van der Waals surface area contributed by atoms with Crippen LogP contribution in [0.4, 0.5) is 5.13 Å². The molecule has 1 amide bonds. The van der Waals surface area contributed by atoms with Crippen molar-refractivity contribution in [1.82, 2.24) is 9.55 Å². The first-order valence-corrected chi connectivity index (χ1v) is 9.29. The zero-order valence-corrected chi connectivity index (χ0v) is 15.1. The Kier molecular flexibility index (Phi) is 3.73. The molecule has 4 rings (SSSR count). The Balaban J connectivity index is 1.55. The number of halogens is 1. The quantitative estimate of drug-likeness (QED) is 0.703. The molecule has 1 N–H and O–H groups in total. The summed E-state index contributed by atoms with van der Waals surface area (Å²) in [5.74, 6) is 0.571. The molecular formula is C17H16BrN3OS. The first-order valence-electron chi connectivity index (χ1n) is 7.62. The smallest absolute Gasteiger partial charge is 0.246 e. The maximum Gasteiger partial charge on any atom is 0.246 e. The minimum absolute atomic E-state index is 0.0435. The number of amides is 1. The van der Waals surface area contributed by atoms with Crippen molar-refractivity contribution < 1.29 is 4.79 Å². The van der Waals surface area contributed by atoms with Gasteiger partial charge in [0.05, 0.1) is 5.69 Å². The number of fused-ring (bicyclic) bond motifs is 1. The lowest BCUT2D eigenvalue weighted by molar-refractivity contribution is -0.116. The zero-order valence-electron chi connectivity index (χ0n) is 12.7. The minimum atomic E-state index is -0.0435. The molecule has 3 aromatic rings. The van der Waals surface area contributed by atoms with Gasteiger partial charge in [0, 0.05) is 32.4 Å². The summed E-state index contributed by atoms with van der Waals surface area (Å²) in [5, 5.41) is 6.81. The number of nitrogens with one attached hydrogen (secondary N) is 1. The molecule has 0 radical (unpaired) electrons. The molecule has 23 heavy (non-hydrogen) atoms. The average Bonchev–Trinajstić information content (AvgIpc) is 3.26. The fourth-order valence-electron chi connectivity index (χ4n) is 2.81. The molecule has 0 aliphatic heterocycles. The zero-order chi connectivity index (χ0) is 16.0. The summed E-state index contributed by atoms with van der Waals surface area (Å²) in [5.41, 5.74) is 3.24. The maximum atomic E-state index is 12.4. The third-order valence-electron chi connectivity index (χ3n) is 4.22. The largest absolute Gasteiger partial charge is 0.334 e. The second kappa shape index (κ2) is 5.76. The lowest BCUT2D eigenvalue weighted by Gasteiger charge is -2.07. The maximum absolute atomic E-state index is 12.4. The topological polar surface area (TPSA) is 46.9 Å². The van der Waals surface area contributed by atoms with Crippen molar-refractivity contribution >= 4 is 49.2 Å². The third kappa shape index (κ3) is 2.81. The Morgan fingerprint density at radius 2 is 2.22 bits per heavy atom. The van der Waals surface area contributed by atoms with Crippen LogP contribution in [0.3, 0.4) is 0 Å². The fourth-order valence-corrected chi connectivity index (χ4v) is 4.16. The van der Waals surface area contributed by atoms with Crippen LogP contribution in [0.25, 0.3) is 10.9 Å². The van der Waals surface area contributed by atoms with Gasteiger partial charge in [0.25, 0.3) is 0 Å². The van der Waals surface area contributed by atoms with Crippen LogP contribution in [-0.4, -0.2) is 15.5 Å². The molecule has 1 saturated carbocycles. The molecule has 0 saturated heterocycles. The van der Waals surface area contributed by atoms with E-state index in [1.54, 1.807) is 0 Å². The summed E-state index contributed by atoms with van der Waals surface area (Å²) in [4.78, 5) is 16.9. The van der Waals surface area contributed by atoms with Crippen LogP contribution >= 0.6 is 27.3 Å². The Bertz CT molecular complexity index is 895. The summed E-state index contributed by atoms with van der Waals surface area (Å²) in [6, 6.07) is 8.09. The van der Waals surface area contributed by atoms with E-state index in [2.05, 4.69) is 37.7 Å². The number of thiazole rings is 1. The van der Waals surface area contributed by atoms with E-state index in [1.165, 1.54) is 24.2 Å². The molecule has 2 aromatic heterocycles. The van der Waals surface area contributed by atoms with Crippen molar-refractivity contribution in [2.45, 2.75) is 32.2 Å². The first kappa shape index (κ1) is 14.9. The Hall–Kier alpha value is -1.66. The molecule has 1 aliphatic rings. The van der Waals surface area contributed by atoms with Crippen LogP contribution in [0.5, 0.6) is 0 Å². The third-order valence-corrected chi connectivity index (χ3v) is 6.00. The van der Waals surface area contributed by atoms with Crippen LogP contribution in [-0.2, 0) is 11.3 Å². The standard InChI is InChI=1S/C17H16BrN3OS/c1-10-16(18)12-4-2-3-5-14(12)21(10)8-15(22)20-17-19-13(9-23-17)11-6-7-11/h2-5,9,11H,6-8H2,1H3,(H,19,20,22). The van der Waals surface area contributed by atoms with Gasteiger partial charge in [-0.05, 0) is 41.8 Å². The molecule has 0 spiro atoms. The fraction of sp³-hybridized carbons (Fsp3) is 0.294. The van der Waals surface area contributed by atoms with Crippen LogP contribution in [0.1, 0.15) is 30.1 Å². The summed E-state index contributed by atoms with van der Waals surface area (Å²) in [6.45, 7) is 2.31. The SMILES string of the molecule is Cc1c(Br)c2ccccc2n1CC(=O)Nc1nc(C2CC2)cs1. The highest BCUT2D eigenvalue weighted by atomic mass is 79.9. The highest BCUT2D eigenvalue weighted by molar-refractivity contribution is 9.10. The lowest BCUT2D eigenvalue weighted by atomic mass is 10.2. The number of para-hydroxylation sites is 1. The predicted octanol–water partition coefficient (Wildman–Crippen LogP) is 4.68. The molecule has 0 atom stereocenters. The van der Waals surface area contributed by atoms with E-state index in [4.69, 9.17) is 0 Å². The second-order valence-corrected chi connectivity index (χ2v) is 7.55. The molecular weight excluding hydrogens is 374 g/mol. The van der Waals surface area contributed by atoms with Gasteiger partial charge < -0.3 is 9.88 Å². The van der Waals surface area contributed by atoms with Gasteiger partial charge in [0.15, 0.2) is 5.13 Å². The van der Waals surface area contributed by atoms with Crippen molar-refractivity contribution in [3.8, 4) is 0 Å². The minimum Gasteiger partial charge on any atom is -0.334 e. The van der Waals surface area contributed by atoms with Crippen molar-refractivity contribution in [2.24, 2.45) is 0 Å². The normalized spacial score (nSPS) is 14.3. The van der Waals surface area contributed by atoms with Crippen LogP contribution in [0.15, 0.2) is 34.1 Å². The van der Waals surface area contributed by atoms with Gasteiger partial charge in [-0.1, -0.05) is 18.2 Å². The van der Waals surface area contributed by atoms with Gasteiger partial charge in [-0.25, -0.2) is 4.98 Å². The van der Waals surface area contributed by atoms with E-state index in [0.717, 1.165) is 26.8 Å². The van der Waals surface area contributed by atoms with Gasteiger partial charge in [-0.2, -0.15) is 0 Å². The van der Waals surface area contributed by atoms with Gasteiger partial charge in [-0.15, -0.1) is 11.3 Å². The van der Waals surface area contributed by atoms with E-state index in [-0.39, 0.29) is 12.5 Å². The van der Waals surface area contributed by atoms with E-state index >= 15 is 0 Å². The number of nitrogens with zero attached hydrogens (tertiary/aromatic N) is 2. The lowest BCUT2D eigenvalue weighted by Crippen LogP contribution is -2.19. The molecule has 0 bridgehead atoms. The number of rotatable bonds is 4. The Morgan fingerprint density at radius 3 is 3.00 bits per heavy atom. The highest BCUT2D eigenvalue weighted by Crippen LogP contribution is 2.40. The van der Waals surface area contributed by atoms with Gasteiger partial charge in [0.1, 0.15) is 6.54 Å². The monoisotopic (exact) mass is 389 g/mol. The molecule has 6 heteroatoms. The molecule has 2 heterocycles. The molecule has 0 unspecified atom stereocenters. The Labute approximate surface area is 146 Å². The summed E-state index contributed by atoms with van der Waals surface area (Å²) in [7, 11) is 0. The Morgan fingerprint density at radius 1 is 1.43 bits per heavy atom. The van der Waals surface area contributed by atoms with Crippen LogP contribution in [0, 0.1) is 6.92 Å². The number of hydrogen-bond donors (Lipinski definition) is 1. The summed E-state index contributed by atoms with van der Waals surface area (Å²) >= 11 is 5.13. The number of anilines is 1. The molecule has 1 fully saturated rings. The first-order chi connectivity index (χ1) is 11.1. The number of benzene rings is 1.